The molecule has 0 radical (unpaired) electrons. The quantitative estimate of drug-likeness (QED) is 0.819. The Hall–Kier alpha value is -0.730. The number of hydrogen-bond donors (Lipinski definition) is 1. The molecule has 0 heterocycles. The van der Waals surface area contributed by atoms with Crippen LogP contribution in [0.4, 0.5) is 0 Å². The predicted molar refractivity (Wildman–Crippen MR) is 60.0 cm³/mol. The molecule has 1 saturated carbocycles. The first-order valence-electron chi connectivity index (χ1n) is 4.69. The van der Waals surface area contributed by atoms with Crippen LogP contribution in [0.25, 0.3) is 0 Å². The topological polar surface area (TPSA) is 35.2 Å². The summed E-state index contributed by atoms with van der Waals surface area (Å²) in [4.78, 5) is 0. The Morgan fingerprint density at radius 2 is 1.93 bits per heavy atom. The summed E-state index contributed by atoms with van der Waals surface area (Å²) in [6.07, 6.45) is 3.38. The lowest BCUT2D eigenvalue weighted by Gasteiger charge is -2.39. The first-order valence-corrected chi connectivity index (χ1v) is 4.69. The molecule has 0 saturated heterocycles. The van der Waals surface area contributed by atoms with Crippen LogP contribution in [0.2, 0.25) is 0 Å². The summed E-state index contributed by atoms with van der Waals surface area (Å²) in [5.74, 6) is 0.921. The van der Waals surface area contributed by atoms with Crippen molar-refractivity contribution in [2.75, 3.05) is 7.11 Å². The summed E-state index contributed by atoms with van der Waals surface area (Å²) in [5.41, 5.74) is 7.26. The van der Waals surface area contributed by atoms with Gasteiger partial charge in [0.1, 0.15) is 5.75 Å². The third-order valence-electron chi connectivity index (χ3n) is 2.89. The van der Waals surface area contributed by atoms with Crippen molar-refractivity contribution in [2.45, 2.75) is 24.8 Å². The highest BCUT2D eigenvalue weighted by atomic mass is 35.5. The van der Waals surface area contributed by atoms with Gasteiger partial charge >= 0.3 is 0 Å². The molecule has 0 aromatic heterocycles. The molecule has 2 N–H and O–H groups in total. The van der Waals surface area contributed by atoms with E-state index in [9.17, 15) is 0 Å². The zero-order chi connectivity index (χ0) is 9.31. The van der Waals surface area contributed by atoms with E-state index in [-0.39, 0.29) is 17.9 Å². The summed E-state index contributed by atoms with van der Waals surface area (Å²) in [6, 6.07) is 8.04. The van der Waals surface area contributed by atoms with Gasteiger partial charge in [-0.15, -0.1) is 12.4 Å². The second-order valence-corrected chi connectivity index (χ2v) is 3.71. The van der Waals surface area contributed by atoms with Crippen LogP contribution in [-0.4, -0.2) is 7.11 Å². The van der Waals surface area contributed by atoms with E-state index in [1.165, 1.54) is 6.42 Å². The number of hydrogen-bond acceptors (Lipinski definition) is 2. The molecule has 1 aromatic rings. The lowest BCUT2D eigenvalue weighted by molar-refractivity contribution is 0.244. The molecule has 0 bridgehead atoms. The fourth-order valence-corrected chi connectivity index (χ4v) is 1.88. The van der Waals surface area contributed by atoms with Crippen LogP contribution < -0.4 is 10.5 Å². The normalized spacial score (nSPS) is 17.9. The number of halogens is 1. The highest BCUT2D eigenvalue weighted by Crippen LogP contribution is 2.42. The molecule has 0 spiro atoms. The lowest BCUT2D eigenvalue weighted by Crippen LogP contribution is -2.43. The SMILES string of the molecule is COc1ccccc1C1(N)CCC1.Cl. The van der Waals surface area contributed by atoms with Crippen LogP contribution in [0.1, 0.15) is 24.8 Å². The molecule has 2 nitrogen and oxygen atoms in total. The number of nitrogens with two attached hydrogens (primary N) is 1. The van der Waals surface area contributed by atoms with Crippen LogP contribution in [0.3, 0.4) is 0 Å². The van der Waals surface area contributed by atoms with Gasteiger partial charge in [0.05, 0.1) is 7.11 Å². The minimum atomic E-state index is -0.118. The van der Waals surface area contributed by atoms with Crippen molar-refractivity contribution in [1.82, 2.24) is 0 Å². The Labute approximate surface area is 90.9 Å². The Morgan fingerprint density at radius 1 is 1.29 bits per heavy atom. The minimum Gasteiger partial charge on any atom is -0.496 e. The van der Waals surface area contributed by atoms with Gasteiger partial charge in [0.25, 0.3) is 0 Å². The summed E-state index contributed by atoms with van der Waals surface area (Å²) >= 11 is 0. The van der Waals surface area contributed by atoms with E-state index in [2.05, 4.69) is 6.07 Å². The molecule has 1 fully saturated rings. The summed E-state index contributed by atoms with van der Waals surface area (Å²) < 4.78 is 5.29. The fraction of sp³-hybridized carbons (Fsp3) is 0.455. The highest BCUT2D eigenvalue weighted by molar-refractivity contribution is 5.85. The van der Waals surface area contributed by atoms with Crippen molar-refractivity contribution < 1.29 is 4.74 Å². The van der Waals surface area contributed by atoms with Crippen molar-refractivity contribution in [3.05, 3.63) is 29.8 Å². The van der Waals surface area contributed by atoms with Crippen LogP contribution >= 0.6 is 12.4 Å². The minimum absolute atomic E-state index is 0. The number of rotatable bonds is 2. The number of benzene rings is 1. The summed E-state index contributed by atoms with van der Waals surface area (Å²) in [5, 5.41) is 0. The van der Waals surface area contributed by atoms with Gasteiger partial charge in [0.2, 0.25) is 0 Å². The number of methoxy groups -OCH3 is 1. The Kier molecular flexibility index (Phi) is 3.40. The molecule has 1 aliphatic carbocycles. The molecule has 2 rings (SSSR count). The van der Waals surface area contributed by atoms with Gasteiger partial charge in [0.15, 0.2) is 0 Å². The van der Waals surface area contributed by atoms with Gasteiger partial charge in [-0.3, -0.25) is 0 Å². The van der Waals surface area contributed by atoms with Crippen molar-refractivity contribution in [3.8, 4) is 5.75 Å². The molecule has 3 heteroatoms. The van der Waals surface area contributed by atoms with Crippen molar-refractivity contribution >= 4 is 12.4 Å². The summed E-state index contributed by atoms with van der Waals surface area (Å²) in [7, 11) is 1.70. The van der Waals surface area contributed by atoms with Crippen LogP contribution in [0.15, 0.2) is 24.3 Å². The average molecular weight is 214 g/mol. The Balaban J connectivity index is 0.000000980. The number of ether oxygens (including phenoxy) is 1. The average Bonchev–Trinajstić information content (AvgIpc) is 2.14. The molecule has 78 valence electrons. The van der Waals surface area contributed by atoms with Crippen molar-refractivity contribution in [2.24, 2.45) is 5.73 Å². The monoisotopic (exact) mass is 213 g/mol. The van der Waals surface area contributed by atoms with Crippen LogP contribution in [0.5, 0.6) is 5.75 Å². The first kappa shape index (κ1) is 11.3. The van der Waals surface area contributed by atoms with E-state index in [4.69, 9.17) is 10.5 Å². The maximum Gasteiger partial charge on any atom is 0.123 e. The maximum atomic E-state index is 6.22. The van der Waals surface area contributed by atoms with E-state index >= 15 is 0 Å². The molecule has 0 aliphatic heterocycles. The second-order valence-electron chi connectivity index (χ2n) is 3.71. The van der Waals surface area contributed by atoms with E-state index in [0.717, 1.165) is 24.2 Å². The number of para-hydroxylation sites is 1. The standard InChI is InChI=1S/C11H15NO.ClH/c1-13-10-6-3-2-5-9(10)11(12)7-4-8-11;/h2-3,5-6H,4,7-8,12H2,1H3;1H. The predicted octanol–water partition coefficient (Wildman–Crippen LogP) is 2.45. The molecule has 0 atom stereocenters. The molecule has 0 amide bonds. The van der Waals surface area contributed by atoms with Gasteiger partial charge in [-0.2, -0.15) is 0 Å². The van der Waals surface area contributed by atoms with Gasteiger partial charge in [-0.05, 0) is 25.3 Å². The largest absolute Gasteiger partial charge is 0.496 e. The highest BCUT2D eigenvalue weighted by Gasteiger charge is 2.36. The summed E-state index contributed by atoms with van der Waals surface area (Å²) in [6.45, 7) is 0. The Morgan fingerprint density at radius 3 is 2.43 bits per heavy atom. The van der Waals surface area contributed by atoms with Crippen molar-refractivity contribution in [1.29, 1.82) is 0 Å². The zero-order valence-electron chi connectivity index (χ0n) is 8.32. The van der Waals surface area contributed by atoms with E-state index in [1.807, 2.05) is 18.2 Å². The smallest absolute Gasteiger partial charge is 0.123 e. The van der Waals surface area contributed by atoms with Crippen molar-refractivity contribution in [3.63, 3.8) is 0 Å². The Bertz CT molecular complexity index is 310. The molecular weight excluding hydrogens is 198 g/mol. The second kappa shape index (κ2) is 4.20. The molecular formula is C11H16ClNO. The van der Waals surface area contributed by atoms with E-state index in [1.54, 1.807) is 7.11 Å². The van der Waals surface area contributed by atoms with Gasteiger partial charge in [0, 0.05) is 11.1 Å². The molecule has 14 heavy (non-hydrogen) atoms. The van der Waals surface area contributed by atoms with E-state index < -0.39 is 0 Å². The third-order valence-corrected chi connectivity index (χ3v) is 2.89. The van der Waals surface area contributed by atoms with Crippen LogP contribution in [0, 0.1) is 0 Å². The molecule has 1 aromatic carbocycles. The van der Waals surface area contributed by atoms with E-state index in [0.29, 0.717) is 0 Å². The lowest BCUT2D eigenvalue weighted by atomic mass is 9.72. The van der Waals surface area contributed by atoms with Crippen LogP contribution in [-0.2, 0) is 5.54 Å². The maximum absolute atomic E-state index is 6.22. The third kappa shape index (κ3) is 1.72. The van der Waals surface area contributed by atoms with Gasteiger partial charge in [-0.25, -0.2) is 0 Å². The molecule has 1 aliphatic rings. The zero-order valence-corrected chi connectivity index (χ0v) is 9.14. The molecule has 0 unspecified atom stereocenters. The fourth-order valence-electron chi connectivity index (χ4n) is 1.88. The van der Waals surface area contributed by atoms with Gasteiger partial charge < -0.3 is 10.5 Å². The van der Waals surface area contributed by atoms with Gasteiger partial charge in [-0.1, -0.05) is 18.2 Å². The first-order chi connectivity index (χ1) is 6.26.